The fourth-order valence-electron chi connectivity index (χ4n) is 3.18. The van der Waals surface area contributed by atoms with Gasteiger partial charge in [-0.1, -0.05) is 26.0 Å². The van der Waals surface area contributed by atoms with Gasteiger partial charge in [-0.15, -0.1) is 0 Å². The lowest BCUT2D eigenvalue weighted by atomic mass is 10.1. The highest BCUT2D eigenvalue weighted by atomic mass is 16.2. The van der Waals surface area contributed by atoms with Gasteiger partial charge in [0.15, 0.2) is 0 Å². The van der Waals surface area contributed by atoms with E-state index in [0.717, 1.165) is 24.3 Å². The van der Waals surface area contributed by atoms with Crippen molar-refractivity contribution in [3.63, 3.8) is 0 Å². The molecule has 2 aromatic rings. The van der Waals surface area contributed by atoms with Crippen LogP contribution in [0, 0.1) is 0 Å². The number of carbonyl (C=O) groups is 2. The van der Waals surface area contributed by atoms with E-state index in [9.17, 15) is 9.59 Å². The molecule has 2 amide bonds. The van der Waals surface area contributed by atoms with Gasteiger partial charge in [-0.3, -0.25) is 14.5 Å². The molecule has 0 spiro atoms. The Labute approximate surface area is 159 Å². The second-order valence-electron chi connectivity index (χ2n) is 6.49. The van der Waals surface area contributed by atoms with Crippen LogP contribution < -0.4 is 15.5 Å². The predicted octanol–water partition coefficient (Wildman–Crippen LogP) is 2.24. The number of rotatable bonds is 6. The van der Waals surface area contributed by atoms with Crippen molar-refractivity contribution in [1.29, 1.82) is 0 Å². The van der Waals surface area contributed by atoms with E-state index < -0.39 is 0 Å². The number of likely N-dealkylation sites (N-methyl/N-ethyl adjacent to an activating group) is 1. The number of pyridine rings is 1. The molecule has 1 atom stereocenters. The standard InChI is InChI=1S/C20H25N5O2/c1-4-25(5-2)13-17(26)22-15-10-8-14(9-11-15)18-23-20(27)16-7-6-12-21-19(16)24(18)3/h6-12,18H,4-5,13H2,1-3H3,(H,22,26)(H,23,27)/t18-/m0/s1. The maximum absolute atomic E-state index is 12.3. The molecule has 1 aromatic carbocycles. The van der Waals surface area contributed by atoms with Gasteiger partial charge in [0.1, 0.15) is 12.0 Å². The highest BCUT2D eigenvalue weighted by Gasteiger charge is 2.30. The molecule has 0 saturated heterocycles. The van der Waals surface area contributed by atoms with E-state index >= 15 is 0 Å². The highest BCUT2D eigenvalue weighted by molar-refractivity contribution is 6.01. The Morgan fingerprint density at radius 3 is 2.59 bits per heavy atom. The van der Waals surface area contributed by atoms with Gasteiger partial charge >= 0.3 is 0 Å². The van der Waals surface area contributed by atoms with E-state index in [4.69, 9.17) is 0 Å². The summed E-state index contributed by atoms with van der Waals surface area (Å²) < 4.78 is 0. The second kappa shape index (κ2) is 8.18. The molecule has 1 aromatic heterocycles. The quantitative estimate of drug-likeness (QED) is 0.819. The number of benzene rings is 1. The lowest BCUT2D eigenvalue weighted by Crippen LogP contribution is -2.45. The average molecular weight is 367 g/mol. The molecular weight excluding hydrogens is 342 g/mol. The van der Waals surface area contributed by atoms with Crippen LogP contribution in [0.4, 0.5) is 11.5 Å². The summed E-state index contributed by atoms with van der Waals surface area (Å²) in [6.45, 7) is 6.12. The second-order valence-corrected chi connectivity index (χ2v) is 6.49. The highest BCUT2D eigenvalue weighted by Crippen LogP contribution is 2.30. The molecule has 0 bridgehead atoms. The third-order valence-electron chi connectivity index (χ3n) is 4.79. The third-order valence-corrected chi connectivity index (χ3v) is 4.79. The lowest BCUT2D eigenvalue weighted by Gasteiger charge is -2.35. The molecule has 0 unspecified atom stereocenters. The Hall–Kier alpha value is -2.93. The van der Waals surface area contributed by atoms with Crippen LogP contribution in [0.3, 0.4) is 0 Å². The average Bonchev–Trinajstić information content (AvgIpc) is 2.69. The number of fused-ring (bicyclic) bond motifs is 1. The molecule has 27 heavy (non-hydrogen) atoms. The summed E-state index contributed by atoms with van der Waals surface area (Å²) in [7, 11) is 1.90. The van der Waals surface area contributed by atoms with Crippen molar-refractivity contribution in [1.82, 2.24) is 15.2 Å². The number of hydrogen-bond donors (Lipinski definition) is 2. The van der Waals surface area contributed by atoms with Gasteiger partial charge in [-0.25, -0.2) is 4.98 Å². The third kappa shape index (κ3) is 4.09. The molecule has 0 radical (unpaired) electrons. The zero-order valence-corrected chi connectivity index (χ0v) is 15.9. The van der Waals surface area contributed by atoms with E-state index in [1.54, 1.807) is 18.3 Å². The molecule has 7 nitrogen and oxygen atoms in total. The van der Waals surface area contributed by atoms with E-state index in [-0.39, 0.29) is 18.0 Å². The van der Waals surface area contributed by atoms with Crippen LogP contribution in [0.2, 0.25) is 0 Å². The van der Waals surface area contributed by atoms with Gasteiger partial charge in [0, 0.05) is 18.9 Å². The van der Waals surface area contributed by atoms with Gasteiger partial charge in [0.25, 0.3) is 5.91 Å². The summed E-state index contributed by atoms with van der Waals surface area (Å²) in [5.41, 5.74) is 2.22. The summed E-state index contributed by atoms with van der Waals surface area (Å²) in [5.74, 6) is 0.480. The van der Waals surface area contributed by atoms with Gasteiger partial charge < -0.3 is 15.5 Å². The van der Waals surface area contributed by atoms with E-state index in [1.165, 1.54) is 0 Å². The zero-order valence-electron chi connectivity index (χ0n) is 15.9. The van der Waals surface area contributed by atoms with Crippen LogP contribution >= 0.6 is 0 Å². The minimum absolute atomic E-state index is 0.0346. The molecule has 7 heteroatoms. The number of anilines is 2. The first-order valence-corrected chi connectivity index (χ1v) is 9.14. The maximum atomic E-state index is 12.3. The zero-order chi connectivity index (χ0) is 19.4. The first kappa shape index (κ1) is 18.8. The predicted molar refractivity (Wildman–Crippen MR) is 106 cm³/mol. The van der Waals surface area contributed by atoms with Gasteiger partial charge in [-0.2, -0.15) is 0 Å². The molecule has 142 valence electrons. The largest absolute Gasteiger partial charge is 0.335 e. The number of amides is 2. The lowest BCUT2D eigenvalue weighted by molar-refractivity contribution is -0.117. The Morgan fingerprint density at radius 2 is 1.93 bits per heavy atom. The van der Waals surface area contributed by atoms with Crippen LogP contribution in [-0.4, -0.2) is 48.4 Å². The van der Waals surface area contributed by atoms with Crippen molar-refractivity contribution in [2.24, 2.45) is 0 Å². The molecule has 0 aliphatic carbocycles. The summed E-state index contributed by atoms with van der Waals surface area (Å²) in [4.78, 5) is 32.8. The Bertz CT molecular complexity index is 817. The van der Waals surface area contributed by atoms with E-state index in [1.807, 2.05) is 50.1 Å². The number of hydrogen-bond acceptors (Lipinski definition) is 5. The summed E-state index contributed by atoms with van der Waals surface area (Å²) >= 11 is 0. The van der Waals surface area contributed by atoms with Gasteiger partial charge in [0.05, 0.1) is 12.1 Å². The maximum Gasteiger partial charge on any atom is 0.256 e. The number of carbonyl (C=O) groups excluding carboxylic acids is 2. The molecule has 0 fully saturated rings. The van der Waals surface area contributed by atoms with Crippen molar-refractivity contribution in [2.45, 2.75) is 20.0 Å². The van der Waals surface area contributed by atoms with Crippen molar-refractivity contribution in [2.75, 3.05) is 36.9 Å². The van der Waals surface area contributed by atoms with Crippen molar-refractivity contribution < 1.29 is 9.59 Å². The Morgan fingerprint density at radius 1 is 1.22 bits per heavy atom. The molecule has 2 heterocycles. The smallest absolute Gasteiger partial charge is 0.256 e. The molecule has 0 saturated carbocycles. The first-order chi connectivity index (χ1) is 13.0. The minimum atomic E-state index is -0.305. The Balaban J connectivity index is 1.71. The monoisotopic (exact) mass is 367 g/mol. The van der Waals surface area contributed by atoms with Crippen molar-refractivity contribution >= 4 is 23.3 Å². The fraction of sp³-hybridized carbons (Fsp3) is 0.350. The van der Waals surface area contributed by atoms with Crippen LogP contribution in [0.1, 0.15) is 35.9 Å². The van der Waals surface area contributed by atoms with Crippen LogP contribution in [0.25, 0.3) is 0 Å². The SMILES string of the molecule is CCN(CC)CC(=O)Nc1ccc([C@H]2NC(=O)c3cccnc3N2C)cc1. The summed E-state index contributed by atoms with van der Waals surface area (Å²) in [5, 5.41) is 5.91. The molecule has 3 rings (SSSR count). The molecule has 1 aliphatic heterocycles. The van der Waals surface area contributed by atoms with Crippen molar-refractivity contribution in [3.05, 3.63) is 53.7 Å². The number of nitrogens with one attached hydrogen (secondary N) is 2. The van der Waals surface area contributed by atoms with E-state index in [2.05, 4.69) is 20.5 Å². The molecular formula is C20H25N5O2. The van der Waals surface area contributed by atoms with E-state index in [0.29, 0.717) is 17.9 Å². The first-order valence-electron chi connectivity index (χ1n) is 9.14. The Kier molecular flexibility index (Phi) is 5.71. The van der Waals surface area contributed by atoms with Gasteiger partial charge in [-0.05, 0) is 42.9 Å². The normalized spacial score (nSPS) is 16.1. The topological polar surface area (TPSA) is 77.6 Å². The number of nitrogens with zero attached hydrogens (tertiary/aromatic N) is 3. The molecule has 1 aliphatic rings. The fourth-order valence-corrected chi connectivity index (χ4v) is 3.18. The van der Waals surface area contributed by atoms with Crippen LogP contribution in [0.15, 0.2) is 42.6 Å². The summed E-state index contributed by atoms with van der Waals surface area (Å²) in [6, 6.07) is 11.0. The van der Waals surface area contributed by atoms with Gasteiger partial charge in [0.2, 0.25) is 5.91 Å². The van der Waals surface area contributed by atoms with Crippen molar-refractivity contribution in [3.8, 4) is 0 Å². The molecule has 2 N–H and O–H groups in total. The van der Waals surface area contributed by atoms with Crippen LogP contribution in [-0.2, 0) is 4.79 Å². The summed E-state index contributed by atoms with van der Waals surface area (Å²) in [6.07, 6.45) is 1.37. The minimum Gasteiger partial charge on any atom is -0.335 e. The van der Waals surface area contributed by atoms with Crippen LogP contribution in [0.5, 0.6) is 0 Å². The number of aromatic nitrogens is 1.